The minimum absolute atomic E-state index is 0.287. The van der Waals surface area contributed by atoms with E-state index in [1.807, 2.05) is 0 Å². The number of halogens is 1. The monoisotopic (exact) mass is 254 g/mol. The molecule has 0 unspecified atom stereocenters. The number of benzene rings is 1. The van der Waals surface area contributed by atoms with E-state index in [-0.39, 0.29) is 5.41 Å². The van der Waals surface area contributed by atoms with Crippen molar-refractivity contribution in [3.8, 4) is 0 Å². The van der Waals surface area contributed by atoms with Crippen LogP contribution in [0.2, 0.25) is 0 Å². The van der Waals surface area contributed by atoms with Crippen molar-refractivity contribution in [2.45, 2.75) is 39.5 Å². The van der Waals surface area contributed by atoms with Gasteiger partial charge in [0.2, 0.25) is 0 Å². The highest BCUT2D eigenvalue weighted by molar-refractivity contribution is 9.10. The summed E-state index contributed by atoms with van der Waals surface area (Å²) < 4.78 is 1.15. The summed E-state index contributed by atoms with van der Waals surface area (Å²) in [6, 6.07) is 8.67. The van der Waals surface area contributed by atoms with Crippen molar-refractivity contribution in [3.05, 3.63) is 34.3 Å². The molecule has 78 valence electrons. The van der Waals surface area contributed by atoms with Crippen molar-refractivity contribution in [1.29, 1.82) is 0 Å². The van der Waals surface area contributed by atoms with Crippen LogP contribution >= 0.6 is 15.9 Å². The molecule has 0 aromatic heterocycles. The predicted octanol–water partition coefficient (Wildman–Crippen LogP) is 4.77. The maximum atomic E-state index is 3.46. The van der Waals surface area contributed by atoms with Crippen molar-refractivity contribution in [2.75, 3.05) is 0 Å². The Hall–Kier alpha value is -0.300. The second-order valence-electron chi connectivity index (χ2n) is 4.99. The highest BCUT2D eigenvalue weighted by atomic mass is 79.9. The molecule has 0 amide bonds. The lowest BCUT2D eigenvalue weighted by Crippen LogP contribution is -2.19. The van der Waals surface area contributed by atoms with Crippen molar-refractivity contribution >= 4 is 15.9 Å². The molecule has 0 saturated carbocycles. The molecule has 0 N–H and O–H groups in total. The Kier molecular flexibility index (Phi) is 3.77. The van der Waals surface area contributed by atoms with Crippen LogP contribution in [0.4, 0.5) is 0 Å². The molecule has 0 aliphatic heterocycles. The highest BCUT2D eigenvalue weighted by Crippen LogP contribution is 2.30. The highest BCUT2D eigenvalue weighted by Gasteiger charge is 2.21. The Morgan fingerprint density at radius 3 is 2.07 bits per heavy atom. The van der Waals surface area contributed by atoms with Crippen LogP contribution in [-0.2, 0) is 5.41 Å². The quantitative estimate of drug-likeness (QED) is 0.729. The molecule has 14 heavy (non-hydrogen) atoms. The molecule has 0 spiro atoms. The van der Waals surface area contributed by atoms with E-state index >= 15 is 0 Å². The molecule has 0 nitrogen and oxygen atoms in total. The minimum Gasteiger partial charge on any atom is -0.0627 e. The van der Waals surface area contributed by atoms with E-state index in [1.165, 1.54) is 12.0 Å². The summed E-state index contributed by atoms with van der Waals surface area (Å²) >= 11 is 3.46. The lowest BCUT2D eigenvalue weighted by atomic mass is 9.78. The molecule has 0 aliphatic rings. The molecule has 0 bridgehead atoms. The van der Waals surface area contributed by atoms with E-state index in [0.29, 0.717) is 0 Å². The normalized spacial score (nSPS) is 12.1. The molecule has 1 rings (SSSR count). The zero-order chi connectivity index (χ0) is 10.8. The van der Waals surface area contributed by atoms with Gasteiger partial charge in [0, 0.05) is 4.47 Å². The Balaban J connectivity index is 2.86. The first-order chi connectivity index (χ1) is 6.42. The van der Waals surface area contributed by atoms with Crippen LogP contribution in [0.3, 0.4) is 0 Å². The van der Waals surface area contributed by atoms with E-state index in [2.05, 4.69) is 67.9 Å². The van der Waals surface area contributed by atoms with Crippen molar-refractivity contribution < 1.29 is 0 Å². The molecule has 0 aliphatic carbocycles. The summed E-state index contributed by atoms with van der Waals surface area (Å²) in [7, 11) is 0. The second kappa shape index (κ2) is 4.48. The van der Waals surface area contributed by atoms with Crippen LogP contribution in [0.1, 0.15) is 39.7 Å². The third kappa shape index (κ3) is 3.13. The van der Waals surface area contributed by atoms with Crippen LogP contribution in [0, 0.1) is 5.92 Å². The average Bonchev–Trinajstić information content (AvgIpc) is 2.02. The van der Waals surface area contributed by atoms with Crippen LogP contribution in [0.15, 0.2) is 28.7 Å². The Morgan fingerprint density at radius 1 is 1.14 bits per heavy atom. The van der Waals surface area contributed by atoms with E-state index in [1.54, 1.807) is 0 Å². The molecule has 0 saturated heterocycles. The fourth-order valence-corrected chi connectivity index (χ4v) is 2.30. The Labute approximate surface area is 95.9 Å². The van der Waals surface area contributed by atoms with E-state index < -0.39 is 0 Å². The first-order valence-electron chi connectivity index (χ1n) is 5.18. The maximum Gasteiger partial charge on any atom is 0.0175 e. The average molecular weight is 255 g/mol. The molecule has 1 aromatic carbocycles. The van der Waals surface area contributed by atoms with Crippen molar-refractivity contribution in [2.24, 2.45) is 5.92 Å². The summed E-state index contributed by atoms with van der Waals surface area (Å²) in [6.07, 6.45) is 1.23. The molecule has 1 aromatic rings. The summed E-state index contributed by atoms with van der Waals surface area (Å²) in [5, 5.41) is 0. The van der Waals surface area contributed by atoms with Gasteiger partial charge in [-0.15, -0.1) is 0 Å². The second-order valence-corrected chi connectivity index (χ2v) is 5.90. The SMILES string of the molecule is CC(C)CC(C)(C)c1ccc(Br)cc1. The molecular weight excluding hydrogens is 236 g/mol. The fraction of sp³-hybridized carbons (Fsp3) is 0.538. The first-order valence-corrected chi connectivity index (χ1v) is 5.97. The lowest BCUT2D eigenvalue weighted by Gasteiger charge is -2.27. The standard InChI is InChI=1S/C13H19Br/c1-10(2)9-13(3,4)11-5-7-12(14)8-6-11/h5-8,10H,9H2,1-4H3. The maximum absolute atomic E-state index is 3.46. The zero-order valence-electron chi connectivity index (χ0n) is 9.47. The van der Waals surface area contributed by atoms with Crippen LogP contribution in [0.5, 0.6) is 0 Å². The van der Waals surface area contributed by atoms with E-state index in [9.17, 15) is 0 Å². The third-order valence-electron chi connectivity index (χ3n) is 2.54. The van der Waals surface area contributed by atoms with Gasteiger partial charge in [-0.3, -0.25) is 0 Å². The molecule has 0 radical (unpaired) electrons. The first kappa shape index (κ1) is 11.8. The Morgan fingerprint density at radius 2 is 1.64 bits per heavy atom. The van der Waals surface area contributed by atoms with Gasteiger partial charge in [0.05, 0.1) is 0 Å². The van der Waals surface area contributed by atoms with Gasteiger partial charge in [-0.2, -0.15) is 0 Å². The van der Waals surface area contributed by atoms with Crippen molar-refractivity contribution in [1.82, 2.24) is 0 Å². The van der Waals surface area contributed by atoms with Gasteiger partial charge >= 0.3 is 0 Å². The van der Waals surface area contributed by atoms with Gasteiger partial charge < -0.3 is 0 Å². The van der Waals surface area contributed by atoms with Gasteiger partial charge in [0.15, 0.2) is 0 Å². The van der Waals surface area contributed by atoms with Gasteiger partial charge in [-0.25, -0.2) is 0 Å². The topological polar surface area (TPSA) is 0 Å². The van der Waals surface area contributed by atoms with Crippen LogP contribution < -0.4 is 0 Å². The summed E-state index contributed by atoms with van der Waals surface area (Å²) in [4.78, 5) is 0. The predicted molar refractivity (Wildman–Crippen MR) is 66.6 cm³/mol. The van der Waals surface area contributed by atoms with E-state index in [0.717, 1.165) is 10.4 Å². The lowest BCUT2D eigenvalue weighted by molar-refractivity contribution is 0.400. The molecular formula is C13H19Br. The number of hydrogen-bond acceptors (Lipinski definition) is 0. The summed E-state index contributed by atoms with van der Waals surface area (Å²) in [5.41, 5.74) is 1.71. The van der Waals surface area contributed by atoms with Gasteiger partial charge in [-0.1, -0.05) is 55.8 Å². The minimum atomic E-state index is 0.287. The van der Waals surface area contributed by atoms with Crippen LogP contribution in [0.25, 0.3) is 0 Å². The summed E-state index contributed by atoms with van der Waals surface area (Å²) in [5.74, 6) is 0.744. The number of rotatable bonds is 3. The number of hydrogen-bond donors (Lipinski definition) is 0. The van der Waals surface area contributed by atoms with Gasteiger partial charge in [-0.05, 0) is 35.4 Å². The van der Waals surface area contributed by atoms with Crippen LogP contribution in [-0.4, -0.2) is 0 Å². The van der Waals surface area contributed by atoms with Crippen molar-refractivity contribution in [3.63, 3.8) is 0 Å². The molecule has 1 heteroatoms. The molecule has 0 heterocycles. The fourth-order valence-electron chi connectivity index (χ4n) is 2.04. The van der Waals surface area contributed by atoms with Gasteiger partial charge in [0.25, 0.3) is 0 Å². The summed E-state index contributed by atoms with van der Waals surface area (Å²) in [6.45, 7) is 9.19. The largest absolute Gasteiger partial charge is 0.0627 e. The smallest absolute Gasteiger partial charge is 0.0175 e. The Bertz CT molecular complexity index is 283. The van der Waals surface area contributed by atoms with Gasteiger partial charge in [0.1, 0.15) is 0 Å². The molecule has 0 fully saturated rings. The molecule has 0 atom stereocenters. The van der Waals surface area contributed by atoms with E-state index in [4.69, 9.17) is 0 Å². The zero-order valence-corrected chi connectivity index (χ0v) is 11.1. The third-order valence-corrected chi connectivity index (χ3v) is 3.07.